The van der Waals surface area contributed by atoms with Gasteiger partial charge in [-0.15, -0.1) is 22.7 Å². The number of nitrogens with one attached hydrogen (secondary N) is 1. The molecular formula is C17H16FNS2. The first-order valence-corrected chi connectivity index (χ1v) is 8.63. The zero-order valence-electron chi connectivity index (χ0n) is 11.5. The quantitative estimate of drug-likeness (QED) is 0.634. The zero-order chi connectivity index (χ0) is 14.5. The van der Waals surface area contributed by atoms with Crippen LogP contribution < -0.4 is 5.32 Å². The van der Waals surface area contributed by atoms with Crippen molar-refractivity contribution in [2.45, 2.75) is 13.0 Å². The van der Waals surface area contributed by atoms with Gasteiger partial charge in [0.2, 0.25) is 0 Å². The second-order valence-electron chi connectivity index (χ2n) is 4.83. The SMILES string of the molecule is Fc1ccc(CCNCc2cc(-c3cccs3)cs2)cc1. The minimum Gasteiger partial charge on any atom is -0.312 e. The Morgan fingerprint density at radius 3 is 2.67 bits per heavy atom. The second kappa shape index (κ2) is 6.98. The van der Waals surface area contributed by atoms with Crippen molar-refractivity contribution in [3.63, 3.8) is 0 Å². The van der Waals surface area contributed by atoms with Gasteiger partial charge in [-0.25, -0.2) is 4.39 Å². The van der Waals surface area contributed by atoms with Crippen molar-refractivity contribution in [2.75, 3.05) is 6.54 Å². The summed E-state index contributed by atoms with van der Waals surface area (Å²) in [5.41, 5.74) is 2.47. The molecule has 1 N–H and O–H groups in total. The Morgan fingerprint density at radius 1 is 1.05 bits per heavy atom. The molecular weight excluding hydrogens is 301 g/mol. The van der Waals surface area contributed by atoms with E-state index in [0.717, 1.165) is 25.1 Å². The summed E-state index contributed by atoms with van der Waals surface area (Å²) in [6, 6.07) is 13.2. The summed E-state index contributed by atoms with van der Waals surface area (Å²) in [5, 5.41) is 7.76. The fraction of sp³-hybridized carbons (Fsp3) is 0.176. The lowest BCUT2D eigenvalue weighted by Gasteiger charge is -2.03. The summed E-state index contributed by atoms with van der Waals surface area (Å²) < 4.78 is 12.8. The molecule has 2 aromatic heterocycles. The molecule has 3 rings (SSSR count). The van der Waals surface area contributed by atoms with Crippen molar-refractivity contribution in [1.82, 2.24) is 5.32 Å². The maximum atomic E-state index is 12.8. The first-order chi connectivity index (χ1) is 10.3. The number of halogens is 1. The lowest BCUT2D eigenvalue weighted by Crippen LogP contribution is -2.15. The van der Waals surface area contributed by atoms with Crippen LogP contribution in [0.4, 0.5) is 4.39 Å². The number of hydrogen-bond donors (Lipinski definition) is 1. The molecule has 2 heterocycles. The third-order valence-corrected chi connectivity index (χ3v) is 5.12. The van der Waals surface area contributed by atoms with E-state index in [1.165, 1.54) is 27.5 Å². The third-order valence-electron chi connectivity index (χ3n) is 3.26. The highest BCUT2D eigenvalue weighted by molar-refractivity contribution is 7.14. The molecule has 0 radical (unpaired) electrons. The number of hydrogen-bond acceptors (Lipinski definition) is 3. The summed E-state index contributed by atoms with van der Waals surface area (Å²) in [6.07, 6.45) is 0.920. The van der Waals surface area contributed by atoms with E-state index < -0.39 is 0 Å². The van der Waals surface area contributed by atoms with Crippen molar-refractivity contribution >= 4 is 22.7 Å². The van der Waals surface area contributed by atoms with Crippen LogP contribution in [-0.4, -0.2) is 6.54 Å². The first-order valence-electron chi connectivity index (χ1n) is 6.88. The molecule has 0 aliphatic carbocycles. The molecule has 1 aromatic carbocycles. The predicted molar refractivity (Wildman–Crippen MR) is 89.4 cm³/mol. The standard InChI is InChI=1S/C17H16FNS2/c18-15-5-3-13(4-6-15)7-8-19-11-16-10-14(12-21-16)17-2-1-9-20-17/h1-6,9-10,12,19H,7-8,11H2. The Hall–Kier alpha value is -1.49. The number of thiophene rings is 2. The van der Waals surface area contributed by atoms with Crippen LogP contribution >= 0.6 is 22.7 Å². The molecule has 1 nitrogen and oxygen atoms in total. The molecule has 0 spiro atoms. The third kappa shape index (κ3) is 4.00. The van der Waals surface area contributed by atoms with E-state index in [2.05, 4.69) is 34.3 Å². The zero-order valence-corrected chi connectivity index (χ0v) is 13.1. The van der Waals surface area contributed by atoms with Crippen molar-refractivity contribution in [3.8, 4) is 10.4 Å². The van der Waals surface area contributed by atoms with Crippen LogP contribution in [0.1, 0.15) is 10.4 Å². The molecule has 0 aliphatic heterocycles. The fourth-order valence-electron chi connectivity index (χ4n) is 2.14. The van der Waals surface area contributed by atoms with Gasteiger partial charge in [0.15, 0.2) is 0 Å². The first kappa shape index (κ1) is 14.4. The molecule has 0 amide bonds. The van der Waals surface area contributed by atoms with Crippen LogP contribution in [0.2, 0.25) is 0 Å². The fourth-order valence-corrected chi connectivity index (χ4v) is 3.78. The summed E-state index contributed by atoms with van der Waals surface area (Å²) in [5.74, 6) is -0.175. The van der Waals surface area contributed by atoms with Crippen LogP contribution in [0, 0.1) is 5.82 Å². The van der Waals surface area contributed by atoms with E-state index in [1.807, 2.05) is 12.1 Å². The monoisotopic (exact) mass is 317 g/mol. The summed E-state index contributed by atoms with van der Waals surface area (Å²) >= 11 is 3.56. The largest absolute Gasteiger partial charge is 0.312 e. The van der Waals surface area contributed by atoms with Gasteiger partial charge in [0.05, 0.1) is 0 Å². The second-order valence-corrected chi connectivity index (χ2v) is 6.78. The minimum atomic E-state index is -0.175. The van der Waals surface area contributed by atoms with Crippen molar-refractivity contribution in [2.24, 2.45) is 0 Å². The van der Waals surface area contributed by atoms with Gasteiger partial charge in [-0.3, -0.25) is 0 Å². The van der Waals surface area contributed by atoms with Crippen LogP contribution in [-0.2, 0) is 13.0 Å². The van der Waals surface area contributed by atoms with Gasteiger partial charge in [-0.2, -0.15) is 0 Å². The molecule has 0 bridgehead atoms. The predicted octanol–water partition coefficient (Wildman–Crippen LogP) is 4.95. The van der Waals surface area contributed by atoms with E-state index in [-0.39, 0.29) is 5.82 Å². The van der Waals surface area contributed by atoms with Gasteiger partial charge >= 0.3 is 0 Å². The molecule has 108 valence electrons. The lowest BCUT2D eigenvalue weighted by atomic mass is 10.1. The molecule has 4 heteroatoms. The topological polar surface area (TPSA) is 12.0 Å². The molecule has 0 unspecified atom stereocenters. The Kier molecular flexibility index (Phi) is 4.80. The molecule has 0 aliphatic rings. The van der Waals surface area contributed by atoms with Gasteiger partial charge in [-0.1, -0.05) is 18.2 Å². The smallest absolute Gasteiger partial charge is 0.123 e. The van der Waals surface area contributed by atoms with E-state index in [4.69, 9.17) is 0 Å². The molecule has 0 saturated carbocycles. The summed E-state index contributed by atoms with van der Waals surface area (Å²) in [7, 11) is 0. The Labute approximate surface area is 132 Å². The Morgan fingerprint density at radius 2 is 1.90 bits per heavy atom. The van der Waals surface area contributed by atoms with Crippen LogP contribution in [0.5, 0.6) is 0 Å². The minimum absolute atomic E-state index is 0.175. The maximum absolute atomic E-state index is 12.8. The summed E-state index contributed by atoms with van der Waals surface area (Å²) in [6.45, 7) is 1.79. The van der Waals surface area contributed by atoms with Gasteiger partial charge in [-0.05, 0) is 53.6 Å². The highest BCUT2D eigenvalue weighted by atomic mass is 32.1. The van der Waals surface area contributed by atoms with E-state index in [0.29, 0.717) is 0 Å². The Balaban J connectivity index is 1.46. The molecule has 0 saturated heterocycles. The van der Waals surface area contributed by atoms with Gasteiger partial charge < -0.3 is 5.32 Å². The average Bonchev–Trinajstić information content (AvgIpc) is 3.16. The van der Waals surface area contributed by atoms with Gasteiger partial charge in [0.1, 0.15) is 5.82 Å². The number of benzene rings is 1. The van der Waals surface area contributed by atoms with Gasteiger partial charge in [0.25, 0.3) is 0 Å². The van der Waals surface area contributed by atoms with Crippen LogP contribution in [0.25, 0.3) is 10.4 Å². The van der Waals surface area contributed by atoms with Crippen molar-refractivity contribution in [1.29, 1.82) is 0 Å². The maximum Gasteiger partial charge on any atom is 0.123 e. The van der Waals surface area contributed by atoms with E-state index >= 15 is 0 Å². The van der Waals surface area contributed by atoms with Gasteiger partial charge in [0, 0.05) is 21.9 Å². The highest BCUT2D eigenvalue weighted by Gasteiger charge is 2.03. The number of rotatable bonds is 6. The molecule has 0 atom stereocenters. The lowest BCUT2D eigenvalue weighted by molar-refractivity contribution is 0.626. The normalized spacial score (nSPS) is 10.9. The Bertz CT molecular complexity index is 671. The van der Waals surface area contributed by atoms with E-state index in [9.17, 15) is 4.39 Å². The van der Waals surface area contributed by atoms with Crippen molar-refractivity contribution in [3.05, 3.63) is 69.5 Å². The summed E-state index contributed by atoms with van der Waals surface area (Å²) in [4.78, 5) is 2.67. The van der Waals surface area contributed by atoms with Crippen molar-refractivity contribution < 1.29 is 4.39 Å². The van der Waals surface area contributed by atoms with E-state index in [1.54, 1.807) is 22.7 Å². The molecule has 21 heavy (non-hydrogen) atoms. The molecule has 0 fully saturated rings. The van der Waals surface area contributed by atoms with Crippen LogP contribution in [0.15, 0.2) is 53.2 Å². The highest BCUT2D eigenvalue weighted by Crippen LogP contribution is 2.29. The molecule has 3 aromatic rings. The average molecular weight is 317 g/mol. The van der Waals surface area contributed by atoms with Crippen LogP contribution in [0.3, 0.4) is 0 Å².